The fourth-order valence-electron chi connectivity index (χ4n) is 6.24. The Labute approximate surface area is 307 Å². The molecule has 0 spiro atoms. The van der Waals surface area contributed by atoms with Crippen LogP contribution in [0.5, 0.6) is 0 Å². The van der Waals surface area contributed by atoms with Gasteiger partial charge in [0.1, 0.15) is 6.04 Å². The molecule has 0 unspecified atom stereocenters. The molecule has 0 aromatic heterocycles. The molecule has 0 bridgehead atoms. The second-order valence-electron chi connectivity index (χ2n) is 15.4. The van der Waals surface area contributed by atoms with E-state index in [1.54, 1.807) is 0 Å². The average Bonchev–Trinajstić information content (AvgIpc) is 3.03. The molecule has 0 saturated carbocycles. The summed E-state index contributed by atoms with van der Waals surface area (Å²) in [7, 11) is -3.53. The van der Waals surface area contributed by atoms with Gasteiger partial charge in [0, 0.05) is 18.9 Å². The number of primary amides is 1. The third-order valence-corrected chi connectivity index (χ3v) is 10.7. The van der Waals surface area contributed by atoms with Gasteiger partial charge in [-0.3, -0.25) is 23.7 Å². The largest absolute Gasteiger partial charge is 0.370 e. The van der Waals surface area contributed by atoms with Crippen LogP contribution >= 0.6 is 7.60 Å². The van der Waals surface area contributed by atoms with Crippen LogP contribution in [0.3, 0.4) is 0 Å². The zero-order chi connectivity index (χ0) is 38.1. The molecule has 1 aliphatic rings. The number of benzene rings is 3. The van der Waals surface area contributed by atoms with Gasteiger partial charge in [0.2, 0.25) is 23.6 Å². The second-order valence-corrected chi connectivity index (χ2v) is 17.3. The number of allylic oxidation sites excluding steroid dienone is 2. The van der Waals surface area contributed by atoms with Crippen LogP contribution in [0.1, 0.15) is 83.4 Å². The molecule has 0 saturated heterocycles. The SMILES string of the molecule is CC(C)(C)OP(=O)(Cc1ccc([C@H]2/C=C/C[C@@H](Cc3cccc4ccccc34)CNC(=O)[C@H](CC(N)=O)NC(=O)CNC(=O)C2)cc1)OC(C)(C)C. The summed E-state index contributed by atoms with van der Waals surface area (Å²) in [5, 5.41) is 10.3. The standard InChI is InChI=1S/C40H53N4O7P/c1-39(2,3)50-52(49,51-40(4,5)6)26-27-17-19-29(20-18-27)31-14-9-11-28(21-32-15-10-13-30-12-7-8-16-33(30)32)24-43-38(48)34(23-35(41)45)44-37(47)25-42-36(46)22-31/h7-10,12-20,28,31,34H,11,21-26H2,1-6H3,(H2,41,45)(H,42,46)(H,43,48)(H,44,47)/b14-9+/t28-,31-,34-/m0/s1. The van der Waals surface area contributed by atoms with Gasteiger partial charge in [-0.2, -0.15) is 0 Å². The predicted molar refractivity (Wildman–Crippen MR) is 203 cm³/mol. The minimum atomic E-state index is -3.53. The molecule has 5 N–H and O–H groups in total. The minimum absolute atomic E-state index is 0.0533. The highest BCUT2D eigenvalue weighted by molar-refractivity contribution is 7.53. The summed E-state index contributed by atoms with van der Waals surface area (Å²) in [5.41, 5.74) is 6.78. The summed E-state index contributed by atoms with van der Waals surface area (Å²) >= 11 is 0. The van der Waals surface area contributed by atoms with Crippen LogP contribution in [-0.4, -0.2) is 54.0 Å². The fraction of sp³-hybridized carbons (Fsp3) is 0.450. The molecule has 3 atom stereocenters. The van der Waals surface area contributed by atoms with Gasteiger partial charge in [0.25, 0.3) is 0 Å². The van der Waals surface area contributed by atoms with Crippen LogP contribution in [0.4, 0.5) is 0 Å². The Morgan fingerprint density at radius 2 is 1.52 bits per heavy atom. The first-order valence-electron chi connectivity index (χ1n) is 17.7. The van der Waals surface area contributed by atoms with Crippen molar-refractivity contribution in [2.75, 3.05) is 13.1 Å². The summed E-state index contributed by atoms with van der Waals surface area (Å²) in [6, 6.07) is 20.6. The summed E-state index contributed by atoms with van der Waals surface area (Å²) in [6.07, 6.45) is 4.99. The van der Waals surface area contributed by atoms with Crippen molar-refractivity contribution in [3.63, 3.8) is 0 Å². The number of fused-ring (bicyclic) bond motifs is 1. The van der Waals surface area contributed by atoms with Crippen molar-refractivity contribution < 1.29 is 32.8 Å². The number of hydrogen-bond donors (Lipinski definition) is 4. The monoisotopic (exact) mass is 732 g/mol. The van der Waals surface area contributed by atoms with E-state index < -0.39 is 42.6 Å². The van der Waals surface area contributed by atoms with Crippen molar-refractivity contribution >= 4 is 42.0 Å². The topological polar surface area (TPSA) is 166 Å². The highest BCUT2D eigenvalue weighted by Crippen LogP contribution is 2.57. The molecule has 4 rings (SSSR count). The Balaban J connectivity index is 1.62. The summed E-state index contributed by atoms with van der Waals surface area (Å²) in [6.45, 7) is 10.9. The van der Waals surface area contributed by atoms with E-state index in [1.165, 1.54) is 0 Å². The lowest BCUT2D eigenvalue weighted by Crippen LogP contribution is -2.51. The van der Waals surface area contributed by atoms with Crippen LogP contribution in [0.2, 0.25) is 0 Å². The zero-order valence-electron chi connectivity index (χ0n) is 31.1. The van der Waals surface area contributed by atoms with Gasteiger partial charge in [0.15, 0.2) is 0 Å². The predicted octanol–water partition coefficient (Wildman–Crippen LogP) is 6.05. The van der Waals surface area contributed by atoms with Gasteiger partial charge in [-0.25, -0.2) is 0 Å². The Morgan fingerprint density at radius 1 is 0.865 bits per heavy atom. The zero-order valence-corrected chi connectivity index (χ0v) is 32.0. The number of nitrogens with two attached hydrogens (primary N) is 1. The van der Waals surface area contributed by atoms with Crippen molar-refractivity contribution in [2.24, 2.45) is 11.7 Å². The molecule has 3 aromatic carbocycles. The minimum Gasteiger partial charge on any atom is -0.370 e. The van der Waals surface area contributed by atoms with Gasteiger partial charge in [0.05, 0.1) is 30.3 Å². The lowest BCUT2D eigenvalue weighted by Gasteiger charge is -2.32. The first-order valence-corrected chi connectivity index (χ1v) is 19.5. The highest BCUT2D eigenvalue weighted by atomic mass is 31.2. The molecule has 0 aliphatic carbocycles. The Hall–Kier alpha value is -4.31. The maximum absolute atomic E-state index is 13.9. The van der Waals surface area contributed by atoms with E-state index in [-0.39, 0.29) is 49.8 Å². The van der Waals surface area contributed by atoms with Crippen LogP contribution in [0, 0.1) is 5.92 Å². The molecule has 0 fully saturated rings. The number of carbonyl (C=O) groups excluding carboxylic acids is 4. The van der Waals surface area contributed by atoms with Crippen molar-refractivity contribution in [3.8, 4) is 0 Å². The first kappa shape index (κ1) is 40.5. The molecule has 4 amide bonds. The maximum atomic E-state index is 13.9. The summed E-state index contributed by atoms with van der Waals surface area (Å²) in [4.78, 5) is 51.0. The van der Waals surface area contributed by atoms with Gasteiger partial charge >= 0.3 is 7.60 Å². The molecule has 280 valence electrons. The molecule has 0 radical (unpaired) electrons. The van der Waals surface area contributed by atoms with Crippen molar-refractivity contribution in [3.05, 3.63) is 95.6 Å². The van der Waals surface area contributed by atoms with Crippen LogP contribution in [-0.2, 0) is 45.4 Å². The van der Waals surface area contributed by atoms with Gasteiger partial charge in [-0.1, -0.05) is 78.9 Å². The number of carbonyl (C=O) groups is 4. The summed E-state index contributed by atoms with van der Waals surface area (Å²) < 4.78 is 25.9. The van der Waals surface area contributed by atoms with E-state index in [0.29, 0.717) is 12.8 Å². The van der Waals surface area contributed by atoms with Crippen LogP contribution in [0.15, 0.2) is 78.9 Å². The van der Waals surface area contributed by atoms with Crippen LogP contribution in [0.25, 0.3) is 10.8 Å². The molecule has 1 aliphatic heterocycles. The number of nitrogens with one attached hydrogen (secondary N) is 3. The molecular formula is C40H53N4O7P. The lowest BCUT2D eigenvalue weighted by atomic mass is 9.90. The second kappa shape index (κ2) is 17.5. The van der Waals surface area contributed by atoms with E-state index in [9.17, 15) is 23.7 Å². The normalized spacial score (nSPS) is 20.6. The Bertz CT molecular complexity index is 1790. The highest BCUT2D eigenvalue weighted by Gasteiger charge is 2.35. The van der Waals surface area contributed by atoms with Gasteiger partial charge < -0.3 is 30.7 Å². The smallest absolute Gasteiger partial charge is 0.336 e. The molecular weight excluding hydrogens is 679 g/mol. The quantitative estimate of drug-likeness (QED) is 0.154. The van der Waals surface area contributed by atoms with Gasteiger partial charge in [-0.15, -0.1) is 0 Å². The van der Waals surface area contributed by atoms with Crippen LogP contribution < -0.4 is 21.7 Å². The average molecular weight is 733 g/mol. The Morgan fingerprint density at radius 3 is 2.17 bits per heavy atom. The van der Waals surface area contributed by atoms with E-state index in [0.717, 1.165) is 27.5 Å². The molecule has 12 heteroatoms. The maximum Gasteiger partial charge on any atom is 0.336 e. The van der Waals surface area contributed by atoms with E-state index in [2.05, 4.69) is 40.2 Å². The van der Waals surface area contributed by atoms with Crippen molar-refractivity contribution in [1.82, 2.24) is 16.0 Å². The van der Waals surface area contributed by atoms with Crippen molar-refractivity contribution in [1.29, 1.82) is 0 Å². The van der Waals surface area contributed by atoms with Gasteiger partial charge in [-0.05, 0) is 87.8 Å². The van der Waals surface area contributed by atoms with E-state index in [4.69, 9.17) is 14.8 Å². The molecule has 1 heterocycles. The fourth-order valence-corrected chi connectivity index (χ4v) is 8.73. The first-order chi connectivity index (χ1) is 24.4. The summed E-state index contributed by atoms with van der Waals surface area (Å²) in [5.74, 6) is -2.65. The molecule has 3 aromatic rings. The van der Waals surface area contributed by atoms with E-state index in [1.807, 2.05) is 96.2 Å². The molecule has 52 heavy (non-hydrogen) atoms. The Kier molecular flexibility index (Phi) is 13.6. The van der Waals surface area contributed by atoms with Crippen molar-refractivity contribution in [2.45, 2.75) is 96.5 Å². The molecule has 11 nitrogen and oxygen atoms in total. The lowest BCUT2D eigenvalue weighted by molar-refractivity contribution is -0.131. The number of hydrogen-bond acceptors (Lipinski definition) is 7. The van der Waals surface area contributed by atoms with E-state index >= 15 is 0 Å². The third-order valence-electron chi connectivity index (χ3n) is 8.31. The number of rotatable bonds is 9. The number of amides is 4. The third kappa shape index (κ3) is 13.0.